The van der Waals surface area contributed by atoms with Crippen molar-refractivity contribution in [2.45, 2.75) is 18.9 Å². The fraction of sp³-hybridized carbons (Fsp3) is 0.700. The summed E-state index contributed by atoms with van der Waals surface area (Å²) in [5, 5.41) is 5.13. The third-order valence-corrected chi connectivity index (χ3v) is 2.85. The Morgan fingerprint density at radius 3 is 2.82 bits per heavy atom. The van der Waals surface area contributed by atoms with Gasteiger partial charge in [0.2, 0.25) is 17.7 Å². The molecule has 0 aromatic heterocycles. The lowest BCUT2D eigenvalue weighted by Gasteiger charge is -2.32. The molecule has 0 bridgehead atoms. The molecule has 1 atom stereocenters. The highest BCUT2D eigenvalue weighted by molar-refractivity contribution is 6.27. The van der Waals surface area contributed by atoms with Crippen LogP contribution in [0, 0.1) is 0 Å². The molecule has 7 heteroatoms. The summed E-state index contributed by atoms with van der Waals surface area (Å²) in [5.74, 6) is -1.17. The molecule has 1 heterocycles. The fourth-order valence-corrected chi connectivity index (χ4v) is 1.90. The Morgan fingerprint density at radius 1 is 1.59 bits per heavy atom. The van der Waals surface area contributed by atoms with Crippen molar-refractivity contribution < 1.29 is 14.4 Å². The predicted molar refractivity (Wildman–Crippen MR) is 62.5 cm³/mol. The first-order valence-corrected chi connectivity index (χ1v) is 5.97. The van der Waals surface area contributed by atoms with Crippen molar-refractivity contribution in [3.63, 3.8) is 0 Å². The molecule has 1 rings (SSSR count). The van der Waals surface area contributed by atoms with Gasteiger partial charge in [-0.1, -0.05) is 0 Å². The number of hydrogen-bond acceptors (Lipinski definition) is 4. The average molecular weight is 262 g/mol. The number of piperidine rings is 1. The first-order valence-electron chi connectivity index (χ1n) is 5.44. The zero-order valence-corrected chi connectivity index (χ0v) is 10.4. The van der Waals surface area contributed by atoms with Crippen molar-refractivity contribution in [3.8, 4) is 0 Å². The maximum absolute atomic E-state index is 11.6. The standard InChI is InChI=1S/C10H16ClN3O3/c1-12-4-5-14(9(16)6-11)7-2-3-8(15)13-10(7)17/h7,12H,2-6H2,1H3,(H,13,15,17). The number of rotatable bonds is 5. The molecule has 0 spiro atoms. The van der Waals surface area contributed by atoms with Crippen LogP contribution in [0.3, 0.4) is 0 Å². The molecule has 1 fully saturated rings. The van der Waals surface area contributed by atoms with Crippen LogP contribution in [0.2, 0.25) is 0 Å². The molecule has 17 heavy (non-hydrogen) atoms. The van der Waals surface area contributed by atoms with Gasteiger partial charge in [-0.25, -0.2) is 0 Å². The Kier molecular flexibility index (Phi) is 5.37. The number of carbonyl (C=O) groups is 3. The largest absolute Gasteiger partial charge is 0.328 e. The molecule has 3 amide bonds. The monoisotopic (exact) mass is 261 g/mol. The summed E-state index contributed by atoms with van der Waals surface area (Å²) in [6.45, 7) is 0.967. The Labute approximate surface area is 105 Å². The summed E-state index contributed by atoms with van der Waals surface area (Å²) >= 11 is 5.51. The highest BCUT2D eigenvalue weighted by Gasteiger charge is 2.33. The molecule has 0 radical (unpaired) electrons. The molecule has 2 N–H and O–H groups in total. The minimum atomic E-state index is -0.590. The summed E-state index contributed by atoms with van der Waals surface area (Å²) in [7, 11) is 1.76. The second kappa shape index (κ2) is 6.56. The summed E-state index contributed by atoms with van der Waals surface area (Å²) in [4.78, 5) is 35.7. The van der Waals surface area contributed by atoms with E-state index in [0.29, 0.717) is 19.5 Å². The molecule has 1 aliphatic heterocycles. The number of carbonyl (C=O) groups excluding carboxylic acids is 3. The van der Waals surface area contributed by atoms with Gasteiger partial charge in [0.1, 0.15) is 11.9 Å². The zero-order valence-electron chi connectivity index (χ0n) is 9.66. The van der Waals surface area contributed by atoms with Crippen LogP contribution in [0.25, 0.3) is 0 Å². The number of hydrogen-bond donors (Lipinski definition) is 2. The van der Waals surface area contributed by atoms with E-state index in [-0.39, 0.29) is 24.1 Å². The Morgan fingerprint density at radius 2 is 2.29 bits per heavy atom. The molecule has 1 aliphatic rings. The number of nitrogens with one attached hydrogen (secondary N) is 2. The highest BCUT2D eigenvalue weighted by Crippen LogP contribution is 2.12. The quantitative estimate of drug-likeness (QED) is 0.496. The highest BCUT2D eigenvalue weighted by atomic mass is 35.5. The van der Waals surface area contributed by atoms with Gasteiger partial charge in [-0.2, -0.15) is 0 Å². The second-order valence-electron chi connectivity index (χ2n) is 3.79. The van der Waals surface area contributed by atoms with Gasteiger partial charge < -0.3 is 10.2 Å². The summed E-state index contributed by atoms with van der Waals surface area (Å²) in [6, 6.07) is -0.590. The molecule has 0 aliphatic carbocycles. The minimum Gasteiger partial charge on any atom is -0.328 e. The molecule has 1 unspecified atom stereocenters. The van der Waals surface area contributed by atoms with E-state index < -0.39 is 11.9 Å². The van der Waals surface area contributed by atoms with Gasteiger partial charge in [0.15, 0.2) is 0 Å². The van der Waals surface area contributed by atoms with Gasteiger partial charge in [-0.15, -0.1) is 11.6 Å². The molecule has 96 valence electrons. The predicted octanol–water partition coefficient (Wildman–Crippen LogP) is -0.922. The summed E-state index contributed by atoms with van der Waals surface area (Å²) in [6.07, 6.45) is 0.610. The Bertz CT molecular complexity index is 322. The molecule has 0 saturated carbocycles. The van der Waals surface area contributed by atoms with E-state index in [1.165, 1.54) is 4.90 Å². The van der Waals surface area contributed by atoms with Crippen molar-refractivity contribution in [2.75, 3.05) is 26.0 Å². The fourth-order valence-electron chi connectivity index (χ4n) is 1.74. The zero-order chi connectivity index (χ0) is 12.8. The lowest BCUT2D eigenvalue weighted by Crippen LogP contribution is -2.55. The summed E-state index contributed by atoms with van der Waals surface area (Å²) < 4.78 is 0. The van der Waals surface area contributed by atoms with E-state index in [9.17, 15) is 14.4 Å². The molecule has 0 aromatic rings. The molecule has 0 aromatic carbocycles. The van der Waals surface area contributed by atoms with Gasteiger partial charge in [0.05, 0.1) is 0 Å². The SMILES string of the molecule is CNCCN(C(=O)CCl)C1CCC(=O)NC1=O. The smallest absolute Gasteiger partial charge is 0.249 e. The van der Waals surface area contributed by atoms with Crippen LogP contribution >= 0.6 is 11.6 Å². The number of amides is 3. The van der Waals surface area contributed by atoms with Crippen molar-refractivity contribution in [3.05, 3.63) is 0 Å². The minimum absolute atomic E-state index is 0.165. The number of halogens is 1. The molecule has 6 nitrogen and oxygen atoms in total. The van der Waals surface area contributed by atoms with Crippen LogP contribution < -0.4 is 10.6 Å². The second-order valence-corrected chi connectivity index (χ2v) is 4.06. The average Bonchev–Trinajstić information content (AvgIpc) is 2.31. The van der Waals surface area contributed by atoms with Crippen molar-refractivity contribution in [2.24, 2.45) is 0 Å². The van der Waals surface area contributed by atoms with E-state index in [0.717, 1.165) is 0 Å². The Balaban J connectivity index is 2.71. The third kappa shape index (κ3) is 3.67. The van der Waals surface area contributed by atoms with Crippen LogP contribution in [-0.4, -0.2) is 54.7 Å². The van der Waals surface area contributed by atoms with Gasteiger partial charge in [0.25, 0.3) is 0 Å². The van der Waals surface area contributed by atoms with Gasteiger partial charge >= 0.3 is 0 Å². The van der Waals surface area contributed by atoms with Crippen LogP contribution in [-0.2, 0) is 14.4 Å². The van der Waals surface area contributed by atoms with Crippen LogP contribution in [0.15, 0.2) is 0 Å². The summed E-state index contributed by atoms with van der Waals surface area (Å²) in [5.41, 5.74) is 0. The number of nitrogens with zero attached hydrogens (tertiary/aromatic N) is 1. The Hall–Kier alpha value is -1.14. The van der Waals surface area contributed by atoms with E-state index in [1.54, 1.807) is 7.05 Å². The first kappa shape index (κ1) is 13.9. The van der Waals surface area contributed by atoms with E-state index >= 15 is 0 Å². The van der Waals surface area contributed by atoms with Crippen LogP contribution in [0.4, 0.5) is 0 Å². The van der Waals surface area contributed by atoms with Crippen LogP contribution in [0.5, 0.6) is 0 Å². The van der Waals surface area contributed by atoms with E-state index in [2.05, 4.69) is 10.6 Å². The van der Waals surface area contributed by atoms with Crippen LogP contribution in [0.1, 0.15) is 12.8 Å². The third-order valence-electron chi connectivity index (χ3n) is 2.62. The number of imide groups is 1. The molecule has 1 saturated heterocycles. The van der Waals surface area contributed by atoms with Crippen molar-refractivity contribution >= 4 is 29.3 Å². The normalized spacial score (nSPS) is 20.0. The van der Waals surface area contributed by atoms with Crippen molar-refractivity contribution in [1.82, 2.24) is 15.5 Å². The molecular weight excluding hydrogens is 246 g/mol. The maximum atomic E-state index is 11.6. The lowest BCUT2D eigenvalue weighted by molar-refractivity contribution is -0.144. The number of alkyl halides is 1. The van der Waals surface area contributed by atoms with Gasteiger partial charge in [-0.05, 0) is 13.5 Å². The van der Waals surface area contributed by atoms with E-state index in [4.69, 9.17) is 11.6 Å². The first-order chi connectivity index (χ1) is 8.10. The maximum Gasteiger partial charge on any atom is 0.249 e. The van der Waals surface area contributed by atoms with Gasteiger partial charge in [-0.3, -0.25) is 19.7 Å². The lowest BCUT2D eigenvalue weighted by atomic mass is 10.0. The topological polar surface area (TPSA) is 78.5 Å². The number of likely N-dealkylation sites (N-methyl/N-ethyl adjacent to an activating group) is 1. The van der Waals surface area contributed by atoms with E-state index in [1.807, 2.05) is 0 Å². The van der Waals surface area contributed by atoms with Crippen molar-refractivity contribution in [1.29, 1.82) is 0 Å². The molecular formula is C10H16ClN3O3. The van der Waals surface area contributed by atoms with Gasteiger partial charge in [0, 0.05) is 19.5 Å².